The predicted molar refractivity (Wildman–Crippen MR) is 136 cm³/mol. The van der Waals surface area contributed by atoms with Crippen LogP contribution in [0.1, 0.15) is 53.0 Å². The van der Waals surface area contributed by atoms with E-state index < -0.39 is 70.7 Å². The number of nitrogens with one attached hydrogen (secondary N) is 2. The second kappa shape index (κ2) is 11.9. The molecule has 8 atom stereocenters. The smallest absolute Gasteiger partial charge is 0.330 e. The van der Waals surface area contributed by atoms with Crippen LogP contribution in [0.2, 0.25) is 0 Å². The Hall–Kier alpha value is -3.20. The van der Waals surface area contributed by atoms with Gasteiger partial charge in [0.25, 0.3) is 11.1 Å². The second-order valence-corrected chi connectivity index (χ2v) is 9.69. The summed E-state index contributed by atoms with van der Waals surface area (Å²) >= 11 is 0. The Labute approximate surface area is 221 Å². The molecular formula is C25H34F2N4O8. The van der Waals surface area contributed by atoms with Crippen molar-refractivity contribution in [2.45, 2.75) is 88.7 Å². The van der Waals surface area contributed by atoms with E-state index in [2.05, 4.69) is 11.6 Å². The number of hydrogen-bond acceptors (Lipinski definition) is 8. The first kappa shape index (κ1) is 30.3. The van der Waals surface area contributed by atoms with Crippen LogP contribution in [0.25, 0.3) is 0 Å². The SMILES string of the molecule is C=CCO[C@@H]1[C@@H](CC)O[C@@H](n2ccc(=O)[nH]c2=O)[C@]1(C)F.CC[C@H]1O[C@@H](n2ccc(=O)[nH]c2=O)[C@](C)(F)[C@@H]1O. The summed E-state index contributed by atoms with van der Waals surface area (Å²) < 4.78 is 48.1. The number of aromatic nitrogens is 4. The van der Waals surface area contributed by atoms with Crippen LogP contribution in [0.15, 0.2) is 56.4 Å². The molecule has 2 aliphatic heterocycles. The summed E-state index contributed by atoms with van der Waals surface area (Å²) in [4.78, 5) is 49.6. The van der Waals surface area contributed by atoms with Crippen molar-refractivity contribution in [1.29, 1.82) is 0 Å². The summed E-state index contributed by atoms with van der Waals surface area (Å²) in [6.07, 6.45) is -0.805. The van der Waals surface area contributed by atoms with Crippen LogP contribution < -0.4 is 22.5 Å². The van der Waals surface area contributed by atoms with Crippen molar-refractivity contribution in [2.24, 2.45) is 0 Å². The molecule has 0 unspecified atom stereocenters. The molecule has 0 aliphatic carbocycles. The second-order valence-electron chi connectivity index (χ2n) is 9.69. The van der Waals surface area contributed by atoms with Crippen LogP contribution in [0.4, 0.5) is 8.78 Å². The molecule has 0 amide bonds. The number of alkyl halides is 2. The minimum Gasteiger partial charge on any atom is -0.387 e. The summed E-state index contributed by atoms with van der Waals surface area (Å²) in [7, 11) is 0. The monoisotopic (exact) mass is 556 g/mol. The fraction of sp³-hybridized carbons (Fsp3) is 0.600. The third-order valence-corrected chi connectivity index (χ3v) is 6.80. The molecule has 2 aliphatic rings. The molecule has 4 heterocycles. The van der Waals surface area contributed by atoms with E-state index in [1.54, 1.807) is 6.92 Å². The molecule has 216 valence electrons. The van der Waals surface area contributed by atoms with Crippen LogP contribution in [-0.4, -0.2) is 66.6 Å². The zero-order valence-corrected chi connectivity index (χ0v) is 22.1. The van der Waals surface area contributed by atoms with E-state index in [1.807, 2.05) is 11.9 Å². The number of nitrogens with zero attached hydrogens (tertiary/aromatic N) is 2. The lowest BCUT2D eigenvalue weighted by Crippen LogP contribution is -2.44. The Balaban J connectivity index is 0.000000218. The number of rotatable bonds is 7. The molecule has 12 nitrogen and oxygen atoms in total. The average molecular weight is 557 g/mol. The van der Waals surface area contributed by atoms with Crippen LogP contribution in [0.5, 0.6) is 0 Å². The molecule has 0 radical (unpaired) electrons. The summed E-state index contributed by atoms with van der Waals surface area (Å²) in [6, 6.07) is 2.26. The van der Waals surface area contributed by atoms with Gasteiger partial charge in [-0.3, -0.25) is 28.7 Å². The Kier molecular flexibility index (Phi) is 9.26. The molecule has 39 heavy (non-hydrogen) atoms. The van der Waals surface area contributed by atoms with Gasteiger partial charge in [0.05, 0.1) is 18.8 Å². The van der Waals surface area contributed by atoms with Crippen molar-refractivity contribution < 1.29 is 28.1 Å². The number of halogens is 2. The summed E-state index contributed by atoms with van der Waals surface area (Å²) in [5, 5.41) is 9.81. The van der Waals surface area contributed by atoms with Gasteiger partial charge in [0.2, 0.25) is 0 Å². The van der Waals surface area contributed by atoms with Gasteiger partial charge in [-0.15, -0.1) is 6.58 Å². The maximum absolute atomic E-state index is 15.1. The minimum absolute atomic E-state index is 0.192. The van der Waals surface area contributed by atoms with Gasteiger partial charge in [0.1, 0.15) is 12.2 Å². The number of aliphatic hydroxyl groups excluding tert-OH is 1. The highest BCUT2D eigenvalue weighted by Crippen LogP contribution is 2.43. The first-order chi connectivity index (χ1) is 18.3. The lowest BCUT2D eigenvalue weighted by molar-refractivity contribution is -0.0541. The van der Waals surface area contributed by atoms with Crippen molar-refractivity contribution in [1.82, 2.24) is 19.1 Å². The van der Waals surface area contributed by atoms with Gasteiger partial charge in [-0.25, -0.2) is 18.4 Å². The van der Waals surface area contributed by atoms with E-state index in [0.717, 1.165) is 27.5 Å². The molecule has 14 heteroatoms. The third-order valence-electron chi connectivity index (χ3n) is 6.80. The van der Waals surface area contributed by atoms with Gasteiger partial charge in [-0.05, 0) is 26.7 Å². The maximum Gasteiger partial charge on any atom is 0.330 e. The number of aromatic amines is 2. The van der Waals surface area contributed by atoms with E-state index in [4.69, 9.17) is 14.2 Å². The van der Waals surface area contributed by atoms with E-state index >= 15 is 4.39 Å². The Morgan fingerprint density at radius 1 is 0.949 bits per heavy atom. The van der Waals surface area contributed by atoms with Crippen molar-refractivity contribution in [2.75, 3.05) is 6.61 Å². The molecule has 2 aromatic rings. The summed E-state index contributed by atoms with van der Waals surface area (Å²) in [6.45, 7) is 9.84. The Morgan fingerprint density at radius 3 is 1.82 bits per heavy atom. The molecule has 2 aromatic heterocycles. The summed E-state index contributed by atoms with van der Waals surface area (Å²) in [5.74, 6) is 0. The molecule has 2 fully saturated rings. The Morgan fingerprint density at radius 2 is 1.41 bits per heavy atom. The van der Waals surface area contributed by atoms with Gasteiger partial charge in [-0.1, -0.05) is 19.9 Å². The van der Waals surface area contributed by atoms with Gasteiger partial charge in [0, 0.05) is 24.5 Å². The molecule has 3 N–H and O–H groups in total. The molecule has 2 saturated heterocycles. The topological polar surface area (TPSA) is 158 Å². The first-order valence-corrected chi connectivity index (χ1v) is 12.5. The first-order valence-electron chi connectivity index (χ1n) is 12.5. The minimum atomic E-state index is -2.09. The molecule has 0 aromatic carbocycles. The fourth-order valence-corrected chi connectivity index (χ4v) is 4.73. The van der Waals surface area contributed by atoms with Crippen LogP contribution in [-0.2, 0) is 14.2 Å². The third kappa shape index (κ3) is 6.03. The molecule has 0 saturated carbocycles. The van der Waals surface area contributed by atoms with Crippen LogP contribution >= 0.6 is 0 Å². The molecule has 4 rings (SSSR count). The summed E-state index contributed by atoms with van der Waals surface area (Å²) in [5.41, 5.74) is -6.59. The maximum atomic E-state index is 15.1. The normalized spacial score (nSPS) is 33.9. The lowest BCUT2D eigenvalue weighted by Gasteiger charge is -2.27. The highest BCUT2D eigenvalue weighted by Gasteiger charge is 2.56. The van der Waals surface area contributed by atoms with Crippen molar-refractivity contribution in [3.8, 4) is 0 Å². The highest BCUT2D eigenvalue weighted by atomic mass is 19.1. The van der Waals surface area contributed by atoms with Gasteiger partial charge >= 0.3 is 11.4 Å². The highest BCUT2D eigenvalue weighted by molar-refractivity contribution is 5.03. The van der Waals surface area contributed by atoms with Crippen molar-refractivity contribution in [3.63, 3.8) is 0 Å². The van der Waals surface area contributed by atoms with Gasteiger partial charge < -0.3 is 19.3 Å². The molecule has 0 spiro atoms. The van der Waals surface area contributed by atoms with Gasteiger partial charge in [0.15, 0.2) is 23.8 Å². The molecule has 0 bridgehead atoms. The predicted octanol–water partition coefficient (Wildman–Crippen LogP) is 1.08. The van der Waals surface area contributed by atoms with Crippen molar-refractivity contribution in [3.05, 3.63) is 78.9 Å². The number of aliphatic hydroxyl groups is 1. The quantitative estimate of drug-likeness (QED) is 0.428. The average Bonchev–Trinajstić information content (AvgIpc) is 3.26. The van der Waals surface area contributed by atoms with Crippen molar-refractivity contribution >= 4 is 0 Å². The number of hydrogen-bond donors (Lipinski definition) is 3. The zero-order chi connectivity index (χ0) is 29.1. The zero-order valence-electron chi connectivity index (χ0n) is 22.1. The largest absolute Gasteiger partial charge is 0.387 e. The van der Waals surface area contributed by atoms with E-state index in [9.17, 15) is 28.7 Å². The number of ether oxygens (including phenoxy) is 3. The van der Waals surface area contributed by atoms with E-state index in [0.29, 0.717) is 12.8 Å². The fourth-order valence-electron chi connectivity index (χ4n) is 4.73. The lowest BCUT2D eigenvalue weighted by atomic mass is 9.97. The molecular weight excluding hydrogens is 522 g/mol. The van der Waals surface area contributed by atoms with Crippen LogP contribution in [0, 0.1) is 0 Å². The van der Waals surface area contributed by atoms with E-state index in [-0.39, 0.29) is 6.61 Å². The van der Waals surface area contributed by atoms with Gasteiger partial charge in [-0.2, -0.15) is 0 Å². The number of H-pyrrole nitrogens is 2. The standard InChI is InChI=1S/C14H19FN2O4.C11H15FN2O4/c1-4-8-20-11-9(5-2)21-12(14(11,3)15)17-7-6-10(18)16-13(17)19;1-3-6-8(16)11(2,12)9(18-6)14-5-4-7(15)13-10(14)17/h4,6-7,9,11-12H,1,5,8H2,2-3H3,(H,16,18,19);4-6,8-9,16H,3H2,1-2H3,(H,13,15,17)/t9-,11-,12-,14-;6-,8-,9-,11-/m11/s1. The van der Waals surface area contributed by atoms with Crippen LogP contribution in [0.3, 0.4) is 0 Å². The van der Waals surface area contributed by atoms with E-state index in [1.165, 1.54) is 26.1 Å². The Bertz CT molecular complexity index is 1380.